The highest BCUT2D eigenvalue weighted by Crippen LogP contribution is 2.59. The molecule has 38 heavy (non-hydrogen) atoms. The zero-order valence-electron chi connectivity index (χ0n) is 27.2. The quantitative estimate of drug-likeness (QED) is 0.300. The van der Waals surface area contributed by atoms with Gasteiger partial charge in [-0.25, -0.2) is 0 Å². The van der Waals surface area contributed by atoms with Crippen LogP contribution in [-0.2, 0) is 0 Å². The third-order valence-electron chi connectivity index (χ3n) is 12.4. The van der Waals surface area contributed by atoms with Crippen LogP contribution in [0, 0.1) is 59.2 Å². The van der Waals surface area contributed by atoms with Gasteiger partial charge in [-0.2, -0.15) is 0 Å². The van der Waals surface area contributed by atoms with Crippen molar-refractivity contribution in [3.05, 3.63) is 44.6 Å². The van der Waals surface area contributed by atoms with E-state index in [1.165, 1.54) is 19.3 Å². The molecule has 0 aromatic heterocycles. The van der Waals surface area contributed by atoms with E-state index in [4.69, 9.17) is 23.2 Å². The summed E-state index contributed by atoms with van der Waals surface area (Å²) in [6.45, 7) is 33.0. The van der Waals surface area contributed by atoms with Crippen molar-refractivity contribution in [2.75, 3.05) is 0 Å². The predicted molar refractivity (Wildman–Crippen MR) is 171 cm³/mol. The lowest BCUT2D eigenvalue weighted by Crippen LogP contribution is -2.26. The molecule has 0 aliphatic heterocycles. The van der Waals surface area contributed by atoms with Gasteiger partial charge >= 0.3 is 0 Å². The summed E-state index contributed by atoms with van der Waals surface area (Å²) < 4.78 is -0.556. The molecule has 0 saturated heterocycles. The van der Waals surface area contributed by atoms with Gasteiger partial charge in [-0.1, -0.05) is 56.4 Å². The highest BCUT2D eigenvalue weighted by atomic mass is 35.5. The molecule has 0 aromatic carbocycles. The first-order valence-electron chi connectivity index (χ1n) is 15.5. The van der Waals surface area contributed by atoms with Crippen molar-refractivity contribution in [2.45, 2.75) is 121 Å². The third-order valence-corrected chi connectivity index (χ3v) is 12.4. The number of hydrogen-bond donors (Lipinski definition) is 0. The molecule has 0 spiro atoms. The van der Waals surface area contributed by atoms with Crippen LogP contribution in [-0.4, -0.2) is 4.33 Å². The average Bonchev–Trinajstić information content (AvgIpc) is 3.23. The van der Waals surface area contributed by atoms with E-state index in [1.54, 1.807) is 58.4 Å². The normalized spacial score (nSPS) is 39.5. The van der Waals surface area contributed by atoms with Crippen LogP contribution in [0.2, 0.25) is 0 Å². The average molecular weight is 562 g/mol. The summed E-state index contributed by atoms with van der Waals surface area (Å²) in [5.74, 6) is 8.17. The minimum atomic E-state index is -0.556. The first kappa shape index (κ1) is 32.1. The van der Waals surface area contributed by atoms with E-state index >= 15 is 0 Å². The van der Waals surface area contributed by atoms with Crippen LogP contribution in [0.25, 0.3) is 0 Å². The molecule has 0 radical (unpaired) electrons. The van der Waals surface area contributed by atoms with Crippen LogP contribution in [0.5, 0.6) is 0 Å². The van der Waals surface area contributed by atoms with Crippen molar-refractivity contribution in [3.63, 3.8) is 0 Å². The van der Waals surface area contributed by atoms with Crippen LogP contribution >= 0.6 is 23.2 Å². The summed E-state index contributed by atoms with van der Waals surface area (Å²) in [6.07, 6.45) is 4.26. The fraction of sp³-hybridized carbons (Fsp3) is 0.778. The summed E-state index contributed by atoms with van der Waals surface area (Å²) in [5.41, 5.74) is 13.2. The monoisotopic (exact) mass is 560 g/mol. The predicted octanol–water partition coefficient (Wildman–Crippen LogP) is 12.0. The zero-order chi connectivity index (χ0) is 29.0. The van der Waals surface area contributed by atoms with E-state index in [-0.39, 0.29) is 0 Å². The van der Waals surface area contributed by atoms with Gasteiger partial charge in [0.2, 0.25) is 0 Å². The van der Waals surface area contributed by atoms with Gasteiger partial charge in [0.25, 0.3) is 0 Å². The largest absolute Gasteiger partial charge is 0.112 e. The number of rotatable bonds is 4. The van der Waals surface area contributed by atoms with Crippen molar-refractivity contribution in [3.8, 4) is 0 Å². The molecule has 0 heterocycles. The van der Waals surface area contributed by atoms with Crippen molar-refractivity contribution < 1.29 is 0 Å². The Balaban J connectivity index is 0.000000732. The topological polar surface area (TPSA) is 0 Å². The highest BCUT2D eigenvalue weighted by Gasteiger charge is 2.51. The van der Waals surface area contributed by atoms with E-state index in [2.05, 4.69) is 83.1 Å². The van der Waals surface area contributed by atoms with E-state index in [1.807, 2.05) is 0 Å². The molecule has 0 bridgehead atoms. The van der Waals surface area contributed by atoms with Crippen LogP contribution in [0.15, 0.2) is 44.6 Å². The molecule has 2 fully saturated rings. The van der Waals surface area contributed by atoms with Gasteiger partial charge in [-0.15, -0.1) is 23.2 Å². The molecular formula is C36H58Cl2. The second-order valence-electron chi connectivity index (χ2n) is 14.4. The van der Waals surface area contributed by atoms with Crippen molar-refractivity contribution in [2.24, 2.45) is 59.2 Å². The van der Waals surface area contributed by atoms with E-state index in [0.717, 1.165) is 59.2 Å². The first-order valence-corrected chi connectivity index (χ1v) is 16.2. The molecule has 216 valence electrons. The fourth-order valence-corrected chi connectivity index (χ4v) is 9.44. The summed E-state index contributed by atoms with van der Waals surface area (Å²) in [7, 11) is 0. The molecule has 0 N–H and O–H groups in total. The van der Waals surface area contributed by atoms with Crippen molar-refractivity contribution >= 4 is 23.2 Å². The maximum atomic E-state index is 5.30. The second-order valence-corrected chi connectivity index (χ2v) is 16.4. The maximum Gasteiger partial charge on any atom is 0.112 e. The number of allylic oxidation sites excluding steroid dienone is 8. The van der Waals surface area contributed by atoms with Crippen LogP contribution in [0.1, 0.15) is 116 Å². The first-order chi connectivity index (χ1) is 17.4. The SMILES string of the molecule is CC(C)(Cl)Cl.CC1=C(C)C2C(C)C(C)C(CCCC3C(C)C(C)C4C(C)=C(C)C(C)=C(C)C34)C2C(C)=C1C. The maximum absolute atomic E-state index is 5.30. The van der Waals surface area contributed by atoms with Gasteiger partial charge in [0, 0.05) is 0 Å². The Bertz CT molecular complexity index is 946. The van der Waals surface area contributed by atoms with E-state index in [0.29, 0.717) is 0 Å². The van der Waals surface area contributed by atoms with Crippen LogP contribution in [0.3, 0.4) is 0 Å². The van der Waals surface area contributed by atoms with Gasteiger partial charge in [-0.3, -0.25) is 0 Å². The van der Waals surface area contributed by atoms with E-state index in [9.17, 15) is 0 Å². The number of fused-ring (bicyclic) bond motifs is 2. The van der Waals surface area contributed by atoms with E-state index < -0.39 is 4.33 Å². The fourth-order valence-electron chi connectivity index (χ4n) is 9.44. The van der Waals surface area contributed by atoms with Gasteiger partial charge in [0.05, 0.1) is 0 Å². The standard InChI is InChI=1S/C33H52.C3H6Cl2/c1-16-18(3)24(9)32-28(20(5)26(11)30(32)22(16)7)14-13-15-29-21(6)27(12)31-23(8)17(2)19(4)25(10)33(29)31;1-3(2,4)5/h20-21,26-33H,13-15H2,1-12H3;1-2H3. The lowest BCUT2D eigenvalue weighted by molar-refractivity contribution is 0.259. The Hall–Kier alpha value is -0.460. The van der Waals surface area contributed by atoms with Crippen molar-refractivity contribution in [1.82, 2.24) is 0 Å². The summed E-state index contributed by atoms with van der Waals surface area (Å²) >= 11 is 10.6. The summed E-state index contributed by atoms with van der Waals surface area (Å²) in [4.78, 5) is 0. The Morgan fingerprint density at radius 2 is 0.711 bits per heavy atom. The Kier molecular flexibility index (Phi) is 9.96. The summed E-state index contributed by atoms with van der Waals surface area (Å²) in [6, 6.07) is 0. The van der Waals surface area contributed by atoms with Gasteiger partial charge in [-0.05, 0) is 164 Å². The van der Waals surface area contributed by atoms with Crippen molar-refractivity contribution in [1.29, 1.82) is 0 Å². The number of hydrogen-bond acceptors (Lipinski definition) is 0. The lowest BCUT2D eigenvalue weighted by Gasteiger charge is -2.36. The summed E-state index contributed by atoms with van der Waals surface area (Å²) in [5, 5.41) is 0. The van der Waals surface area contributed by atoms with Crippen LogP contribution < -0.4 is 0 Å². The second kappa shape index (κ2) is 11.8. The Labute approximate surface area is 246 Å². The molecule has 10 unspecified atom stereocenters. The third kappa shape index (κ3) is 5.79. The molecule has 4 aliphatic carbocycles. The molecule has 0 amide bonds. The molecular weight excluding hydrogens is 503 g/mol. The molecule has 4 aliphatic rings. The van der Waals surface area contributed by atoms with Crippen LogP contribution in [0.4, 0.5) is 0 Å². The minimum Gasteiger partial charge on any atom is -0.102 e. The number of halogens is 2. The van der Waals surface area contributed by atoms with Gasteiger partial charge < -0.3 is 0 Å². The zero-order valence-corrected chi connectivity index (χ0v) is 28.7. The number of alkyl halides is 2. The molecule has 2 saturated carbocycles. The molecule has 0 nitrogen and oxygen atoms in total. The Morgan fingerprint density at radius 3 is 0.974 bits per heavy atom. The molecule has 2 heteroatoms. The molecule has 10 atom stereocenters. The molecule has 0 aromatic rings. The van der Waals surface area contributed by atoms with Gasteiger partial charge in [0.1, 0.15) is 4.33 Å². The lowest BCUT2D eigenvalue weighted by atomic mass is 9.69. The molecule has 4 rings (SSSR count). The minimum absolute atomic E-state index is 0.556. The smallest absolute Gasteiger partial charge is 0.102 e. The highest BCUT2D eigenvalue weighted by molar-refractivity contribution is 6.47. The van der Waals surface area contributed by atoms with Gasteiger partial charge in [0.15, 0.2) is 0 Å². The Morgan fingerprint density at radius 1 is 0.474 bits per heavy atom.